The SMILES string of the molecule is C[C@@H](C(=O)Nc1ccc2c(c1)OCCCO2)n1nnc2ccccc2c1=O. The Morgan fingerprint density at radius 1 is 1.15 bits per heavy atom. The molecular weight excluding hydrogens is 348 g/mol. The number of nitrogens with one attached hydrogen (secondary N) is 1. The van der Waals surface area contributed by atoms with Gasteiger partial charge in [-0.05, 0) is 31.2 Å². The second-order valence-electron chi connectivity index (χ2n) is 6.23. The zero-order chi connectivity index (χ0) is 18.8. The van der Waals surface area contributed by atoms with Crippen molar-refractivity contribution in [2.24, 2.45) is 0 Å². The average Bonchev–Trinajstić information content (AvgIpc) is 2.93. The van der Waals surface area contributed by atoms with Gasteiger partial charge >= 0.3 is 0 Å². The van der Waals surface area contributed by atoms with Gasteiger partial charge in [0.25, 0.3) is 5.56 Å². The summed E-state index contributed by atoms with van der Waals surface area (Å²) in [5.41, 5.74) is 0.689. The molecule has 8 nitrogen and oxygen atoms in total. The molecule has 3 aromatic rings. The number of ether oxygens (including phenoxy) is 2. The third-order valence-electron chi connectivity index (χ3n) is 4.35. The molecule has 0 aliphatic carbocycles. The van der Waals surface area contributed by atoms with Gasteiger partial charge in [0, 0.05) is 18.2 Å². The van der Waals surface area contributed by atoms with Crippen LogP contribution in [0.4, 0.5) is 5.69 Å². The Morgan fingerprint density at radius 3 is 2.78 bits per heavy atom. The molecule has 8 heteroatoms. The molecule has 0 bridgehead atoms. The number of nitrogens with zero attached hydrogens (tertiary/aromatic N) is 3. The molecule has 1 aliphatic rings. The van der Waals surface area contributed by atoms with E-state index in [1.165, 1.54) is 0 Å². The summed E-state index contributed by atoms with van der Waals surface area (Å²) in [6.07, 6.45) is 0.803. The van der Waals surface area contributed by atoms with Gasteiger partial charge in [0.05, 0.1) is 18.6 Å². The Balaban J connectivity index is 1.57. The van der Waals surface area contributed by atoms with Crippen LogP contribution in [-0.4, -0.2) is 34.1 Å². The highest BCUT2D eigenvalue weighted by Crippen LogP contribution is 2.32. The van der Waals surface area contributed by atoms with Gasteiger partial charge in [-0.25, -0.2) is 0 Å². The maximum absolute atomic E-state index is 12.6. The lowest BCUT2D eigenvalue weighted by Crippen LogP contribution is -2.34. The first-order valence-electron chi connectivity index (χ1n) is 8.68. The highest BCUT2D eigenvalue weighted by molar-refractivity contribution is 5.93. The third-order valence-corrected chi connectivity index (χ3v) is 4.35. The Bertz CT molecular complexity index is 1060. The molecule has 0 unspecified atom stereocenters. The van der Waals surface area contributed by atoms with Gasteiger partial charge in [0.2, 0.25) is 5.91 Å². The third kappa shape index (κ3) is 3.33. The van der Waals surface area contributed by atoms with Gasteiger partial charge < -0.3 is 14.8 Å². The number of fused-ring (bicyclic) bond motifs is 2. The first-order chi connectivity index (χ1) is 13.1. The van der Waals surface area contributed by atoms with Crippen LogP contribution in [0.25, 0.3) is 10.9 Å². The number of hydrogen-bond acceptors (Lipinski definition) is 6. The molecule has 1 aliphatic heterocycles. The van der Waals surface area contributed by atoms with Crippen molar-refractivity contribution in [1.82, 2.24) is 15.0 Å². The summed E-state index contributed by atoms with van der Waals surface area (Å²) < 4.78 is 12.3. The number of rotatable bonds is 3. The van der Waals surface area contributed by atoms with Crippen LogP contribution in [0.3, 0.4) is 0 Å². The van der Waals surface area contributed by atoms with Crippen LogP contribution in [0, 0.1) is 0 Å². The van der Waals surface area contributed by atoms with Crippen LogP contribution >= 0.6 is 0 Å². The largest absolute Gasteiger partial charge is 0.490 e. The molecule has 0 radical (unpaired) electrons. The van der Waals surface area contributed by atoms with Crippen molar-refractivity contribution in [3.63, 3.8) is 0 Å². The quantitative estimate of drug-likeness (QED) is 0.763. The summed E-state index contributed by atoms with van der Waals surface area (Å²) in [6.45, 7) is 2.76. The molecule has 0 saturated heterocycles. The van der Waals surface area contributed by atoms with E-state index < -0.39 is 6.04 Å². The highest BCUT2D eigenvalue weighted by Gasteiger charge is 2.20. The molecule has 4 rings (SSSR count). The first kappa shape index (κ1) is 17.0. The molecular formula is C19H18N4O4. The minimum atomic E-state index is -0.828. The second kappa shape index (κ2) is 7.06. The lowest BCUT2D eigenvalue weighted by Gasteiger charge is -2.15. The van der Waals surface area contributed by atoms with Crippen molar-refractivity contribution < 1.29 is 14.3 Å². The van der Waals surface area contributed by atoms with Crippen LogP contribution < -0.4 is 20.3 Å². The molecule has 27 heavy (non-hydrogen) atoms. The second-order valence-corrected chi connectivity index (χ2v) is 6.23. The fourth-order valence-electron chi connectivity index (χ4n) is 2.85. The zero-order valence-corrected chi connectivity index (χ0v) is 14.7. The summed E-state index contributed by atoms with van der Waals surface area (Å²) in [6, 6.07) is 11.3. The van der Waals surface area contributed by atoms with Gasteiger partial charge in [-0.2, -0.15) is 4.68 Å². The minimum Gasteiger partial charge on any atom is -0.490 e. The maximum atomic E-state index is 12.6. The number of benzene rings is 2. The molecule has 0 fully saturated rings. The maximum Gasteiger partial charge on any atom is 0.278 e. The van der Waals surface area contributed by atoms with Crippen molar-refractivity contribution in [3.8, 4) is 11.5 Å². The summed E-state index contributed by atoms with van der Waals surface area (Å²) >= 11 is 0. The van der Waals surface area contributed by atoms with Crippen LogP contribution in [0.2, 0.25) is 0 Å². The monoisotopic (exact) mass is 366 g/mol. The topological polar surface area (TPSA) is 95.3 Å². The zero-order valence-electron chi connectivity index (χ0n) is 14.7. The highest BCUT2D eigenvalue weighted by atomic mass is 16.5. The van der Waals surface area contributed by atoms with Gasteiger partial charge in [0.15, 0.2) is 11.5 Å². The van der Waals surface area contributed by atoms with Crippen LogP contribution in [0.15, 0.2) is 47.3 Å². The predicted molar refractivity (Wildman–Crippen MR) is 99.2 cm³/mol. The molecule has 138 valence electrons. The fourth-order valence-corrected chi connectivity index (χ4v) is 2.85. The van der Waals surface area contributed by atoms with E-state index in [-0.39, 0.29) is 11.5 Å². The Labute approximate surface area is 154 Å². The number of aromatic nitrogens is 3. The molecule has 0 saturated carbocycles. The van der Waals surface area contributed by atoms with E-state index >= 15 is 0 Å². The lowest BCUT2D eigenvalue weighted by atomic mass is 10.2. The van der Waals surface area contributed by atoms with E-state index in [0.717, 1.165) is 11.1 Å². The Hall–Kier alpha value is -3.42. The van der Waals surface area contributed by atoms with Crippen LogP contribution in [-0.2, 0) is 4.79 Å². The summed E-state index contributed by atoms with van der Waals surface area (Å²) in [5.74, 6) is 0.854. The predicted octanol–water partition coefficient (Wildman–Crippen LogP) is 2.15. The smallest absolute Gasteiger partial charge is 0.278 e. The molecule has 2 heterocycles. The number of anilines is 1. The standard InChI is InChI=1S/C19H18N4O4/c1-12(23-19(25)14-5-2-3-6-15(14)21-22-23)18(24)20-13-7-8-16-17(11-13)27-10-4-9-26-16/h2-3,5-8,11-12H,4,9-10H2,1H3,(H,20,24)/t12-/m0/s1. The normalized spacial score (nSPS) is 14.4. The summed E-state index contributed by atoms with van der Waals surface area (Å²) in [4.78, 5) is 25.2. The van der Waals surface area contributed by atoms with E-state index in [9.17, 15) is 9.59 Å². The Kier molecular flexibility index (Phi) is 4.45. The number of hydrogen-bond donors (Lipinski definition) is 1. The van der Waals surface area contributed by atoms with E-state index in [0.29, 0.717) is 41.3 Å². The van der Waals surface area contributed by atoms with E-state index in [2.05, 4.69) is 15.6 Å². The van der Waals surface area contributed by atoms with Crippen LogP contribution in [0.1, 0.15) is 19.4 Å². The fraction of sp³-hybridized carbons (Fsp3) is 0.263. The van der Waals surface area contributed by atoms with Crippen molar-refractivity contribution >= 4 is 22.5 Å². The summed E-state index contributed by atoms with van der Waals surface area (Å²) in [7, 11) is 0. The first-order valence-corrected chi connectivity index (χ1v) is 8.68. The molecule has 1 aromatic heterocycles. The molecule has 0 spiro atoms. The minimum absolute atomic E-state index is 0.359. The molecule has 1 amide bonds. The van der Waals surface area contributed by atoms with Crippen molar-refractivity contribution in [2.75, 3.05) is 18.5 Å². The van der Waals surface area contributed by atoms with Crippen LogP contribution in [0.5, 0.6) is 11.5 Å². The van der Waals surface area contributed by atoms with Crippen molar-refractivity contribution in [3.05, 3.63) is 52.8 Å². The van der Waals surface area contributed by atoms with Gasteiger partial charge in [-0.1, -0.05) is 17.3 Å². The van der Waals surface area contributed by atoms with Crippen molar-refractivity contribution in [2.45, 2.75) is 19.4 Å². The molecule has 1 N–H and O–H groups in total. The Morgan fingerprint density at radius 2 is 1.93 bits per heavy atom. The number of carbonyl (C=O) groups is 1. The lowest BCUT2D eigenvalue weighted by molar-refractivity contribution is -0.119. The molecule has 1 atom stereocenters. The number of carbonyl (C=O) groups excluding carboxylic acids is 1. The van der Waals surface area contributed by atoms with E-state index in [1.807, 2.05) is 0 Å². The van der Waals surface area contributed by atoms with E-state index in [1.54, 1.807) is 49.4 Å². The average molecular weight is 366 g/mol. The summed E-state index contributed by atoms with van der Waals surface area (Å²) in [5, 5.41) is 11.1. The van der Waals surface area contributed by atoms with E-state index in [4.69, 9.17) is 9.47 Å². The van der Waals surface area contributed by atoms with Crippen molar-refractivity contribution in [1.29, 1.82) is 0 Å². The van der Waals surface area contributed by atoms with Gasteiger partial charge in [-0.3, -0.25) is 9.59 Å². The number of amides is 1. The van der Waals surface area contributed by atoms with Gasteiger partial charge in [-0.15, -0.1) is 5.10 Å². The van der Waals surface area contributed by atoms with Gasteiger partial charge in [0.1, 0.15) is 11.6 Å². The molecule has 2 aromatic carbocycles.